The van der Waals surface area contributed by atoms with Crippen molar-refractivity contribution in [2.24, 2.45) is 10.8 Å². The Kier molecular flexibility index (Phi) is 8.45. The molecule has 0 radical (unpaired) electrons. The molecule has 0 atom stereocenters. The van der Waals surface area contributed by atoms with Gasteiger partial charge < -0.3 is 24.7 Å². The fraction of sp³-hybridized carbons (Fsp3) is 0.160. The Morgan fingerprint density at radius 3 is 2.26 bits per heavy atom. The number of primary amides is 1. The van der Waals surface area contributed by atoms with E-state index in [4.69, 9.17) is 24.7 Å². The molecule has 0 spiro atoms. The number of amides is 2. The first kappa shape index (κ1) is 24.1. The molecule has 0 heterocycles. The lowest BCUT2D eigenvalue weighted by Crippen LogP contribution is -2.20. The van der Waals surface area contributed by atoms with Gasteiger partial charge in [0.25, 0.3) is 11.8 Å². The number of nitrogens with one attached hydrogen (secondary N) is 1. The Morgan fingerprint density at radius 2 is 1.56 bits per heavy atom. The number of methoxy groups -OCH3 is 2. The van der Waals surface area contributed by atoms with Crippen molar-refractivity contribution in [2.45, 2.75) is 6.61 Å². The second-order valence-electron chi connectivity index (χ2n) is 7.00. The standard InChI is InChI=1S/C25H25N3O6/c1-31-22-12-18(8-10-20(22)34-16-24(26)29)14-27-28-25(30)19-9-11-21(23(13-19)32-2)33-15-17-6-4-3-5-7-17/h3-14H,15-16H2,1-2H3,(H2,26,29)(H,28,30)/b27-14+. The van der Waals surface area contributed by atoms with Crippen LogP contribution >= 0.6 is 0 Å². The van der Waals surface area contributed by atoms with Crippen LogP contribution in [0.1, 0.15) is 21.5 Å². The highest BCUT2D eigenvalue weighted by atomic mass is 16.5. The summed E-state index contributed by atoms with van der Waals surface area (Å²) in [4.78, 5) is 23.4. The fourth-order valence-electron chi connectivity index (χ4n) is 2.93. The molecule has 34 heavy (non-hydrogen) atoms. The van der Waals surface area contributed by atoms with Crippen molar-refractivity contribution >= 4 is 18.0 Å². The summed E-state index contributed by atoms with van der Waals surface area (Å²) in [6, 6.07) is 19.6. The zero-order chi connectivity index (χ0) is 24.3. The zero-order valence-corrected chi connectivity index (χ0v) is 18.8. The van der Waals surface area contributed by atoms with E-state index in [1.54, 1.807) is 36.4 Å². The summed E-state index contributed by atoms with van der Waals surface area (Å²) >= 11 is 0. The number of nitrogens with zero attached hydrogens (tertiary/aromatic N) is 1. The molecule has 3 rings (SSSR count). The Morgan fingerprint density at radius 1 is 0.882 bits per heavy atom. The van der Waals surface area contributed by atoms with Gasteiger partial charge in [0.15, 0.2) is 29.6 Å². The van der Waals surface area contributed by atoms with Gasteiger partial charge in [0.2, 0.25) is 0 Å². The number of nitrogens with two attached hydrogens (primary N) is 1. The number of hydrazone groups is 1. The highest BCUT2D eigenvalue weighted by Gasteiger charge is 2.11. The molecule has 9 nitrogen and oxygen atoms in total. The van der Waals surface area contributed by atoms with Gasteiger partial charge in [-0.1, -0.05) is 30.3 Å². The minimum Gasteiger partial charge on any atom is -0.493 e. The molecule has 0 aliphatic heterocycles. The summed E-state index contributed by atoms with van der Waals surface area (Å²) in [5, 5.41) is 3.98. The summed E-state index contributed by atoms with van der Waals surface area (Å²) in [5.41, 5.74) is 9.58. The maximum absolute atomic E-state index is 12.5. The van der Waals surface area contributed by atoms with Crippen molar-refractivity contribution in [2.75, 3.05) is 20.8 Å². The van der Waals surface area contributed by atoms with Gasteiger partial charge in [0.05, 0.1) is 20.4 Å². The van der Waals surface area contributed by atoms with Gasteiger partial charge in [-0.25, -0.2) is 5.43 Å². The molecule has 0 bridgehead atoms. The summed E-state index contributed by atoms with van der Waals surface area (Å²) in [7, 11) is 2.98. The smallest absolute Gasteiger partial charge is 0.271 e. The monoisotopic (exact) mass is 463 g/mol. The van der Waals surface area contributed by atoms with Crippen molar-refractivity contribution < 1.29 is 28.5 Å². The van der Waals surface area contributed by atoms with Crippen molar-refractivity contribution in [3.05, 3.63) is 83.4 Å². The van der Waals surface area contributed by atoms with E-state index >= 15 is 0 Å². The van der Waals surface area contributed by atoms with E-state index in [-0.39, 0.29) is 6.61 Å². The topological polar surface area (TPSA) is 121 Å². The van der Waals surface area contributed by atoms with Gasteiger partial charge in [-0.15, -0.1) is 0 Å². The van der Waals surface area contributed by atoms with Crippen LogP contribution in [0.25, 0.3) is 0 Å². The van der Waals surface area contributed by atoms with E-state index in [9.17, 15) is 9.59 Å². The van der Waals surface area contributed by atoms with E-state index < -0.39 is 11.8 Å². The van der Waals surface area contributed by atoms with E-state index in [0.717, 1.165) is 5.56 Å². The lowest BCUT2D eigenvalue weighted by molar-refractivity contribution is -0.119. The maximum Gasteiger partial charge on any atom is 0.271 e. The number of rotatable bonds is 11. The summed E-state index contributed by atoms with van der Waals surface area (Å²) in [5.74, 6) is 0.706. The second-order valence-corrected chi connectivity index (χ2v) is 7.00. The largest absolute Gasteiger partial charge is 0.493 e. The van der Waals surface area contributed by atoms with Gasteiger partial charge in [0, 0.05) is 5.56 Å². The predicted molar refractivity (Wildman–Crippen MR) is 127 cm³/mol. The molecule has 3 N–H and O–H groups in total. The molecule has 3 aromatic carbocycles. The molecular weight excluding hydrogens is 438 g/mol. The third-order valence-corrected chi connectivity index (χ3v) is 4.60. The van der Waals surface area contributed by atoms with E-state index in [2.05, 4.69) is 10.5 Å². The first-order valence-electron chi connectivity index (χ1n) is 10.3. The molecule has 0 unspecified atom stereocenters. The number of hydrogen-bond donors (Lipinski definition) is 2. The Hall–Kier alpha value is -4.53. The first-order chi connectivity index (χ1) is 16.5. The van der Waals surface area contributed by atoms with Gasteiger partial charge >= 0.3 is 0 Å². The predicted octanol–water partition coefficient (Wildman–Crippen LogP) is 2.91. The van der Waals surface area contributed by atoms with E-state index in [0.29, 0.717) is 40.7 Å². The van der Waals surface area contributed by atoms with E-state index in [1.807, 2.05) is 30.3 Å². The summed E-state index contributed by atoms with van der Waals surface area (Å²) in [6.07, 6.45) is 1.45. The highest BCUT2D eigenvalue weighted by molar-refractivity contribution is 5.95. The van der Waals surface area contributed by atoms with Crippen LogP contribution in [0.5, 0.6) is 23.0 Å². The highest BCUT2D eigenvalue weighted by Crippen LogP contribution is 2.29. The maximum atomic E-state index is 12.5. The number of benzene rings is 3. The quantitative estimate of drug-likeness (QED) is 0.333. The molecule has 0 saturated heterocycles. The van der Waals surface area contributed by atoms with Crippen molar-refractivity contribution in [3.8, 4) is 23.0 Å². The van der Waals surface area contributed by atoms with Crippen LogP contribution in [0.3, 0.4) is 0 Å². The number of hydrogen-bond acceptors (Lipinski definition) is 7. The number of carbonyl (C=O) groups is 2. The molecule has 0 aliphatic rings. The first-order valence-corrected chi connectivity index (χ1v) is 10.3. The SMILES string of the molecule is COc1cc(/C=N/NC(=O)c2ccc(OCc3ccccc3)c(OC)c2)ccc1OCC(N)=O. The van der Waals surface area contributed by atoms with Gasteiger partial charge in [-0.05, 0) is 47.5 Å². The van der Waals surface area contributed by atoms with Gasteiger partial charge in [-0.2, -0.15) is 5.10 Å². The zero-order valence-electron chi connectivity index (χ0n) is 18.8. The molecule has 2 amide bonds. The molecule has 0 aromatic heterocycles. The Labute approximate surface area is 197 Å². The fourth-order valence-corrected chi connectivity index (χ4v) is 2.93. The molecule has 0 saturated carbocycles. The average Bonchev–Trinajstić information content (AvgIpc) is 2.86. The van der Waals surface area contributed by atoms with Crippen LogP contribution < -0.4 is 30.1 Å². The van der Waals surface area contributed by atoms with Crippen molar-refractivity contribution in [1.82, 2.24) is 5.43 Å². The molecule has 9 heteroatoms. The number of ether oxygens (including phenoxy) is 4. The Balaban J connectivity index is 1.62. The van der Waals surface area contributed by atoms with Gasteiger partial charge in [0.1, 0.15) is 6.61 Å². The minimum atomic E-state index is -0.595. The lowest BCUT2D eigenvalue weighted by Gasteiger charge is -2.12. The number of carbonyl (C=O) groups excluding carboxylic acids is 2. The van der Waals surface area contributed by atoms with Crippen LogP contribution in [0.15, 0.2) is 71.8 Å². The molecular formula is C25H25N3O6. The third-order valence-electron chi connectivity index (χ3n) is 4.60. The van der Waals surface area contributed by atoms with Crippen LogP contribution in [0.2, 0.25) is 0 Å². The summed E-state index contributed by atoms with van der Waals surface area (Å²) < 4.78 is 21.7. The van der Waals surface area contributed by atoms with Gasteiger partial charge in [-0.3, -0.25) is 9.59 Å². The van der Waals surface area contributed by atoms with Crippen LogP contribution in [-0.2, 0) is 11.4 Å². The third kappa shape index (κ3) is 6.73. The second kappa shape index (κ2) is 11.9. The van der Waals surface area contributed by atoms with Crippen molar-refractivity contribution in [1.29, 1.82) is 0 Å². The normalized spacial score (nSPS) is 10.5. The lowest BCUT2D eigenvalue weighted by atomic mass is 10.2. The van der Waals surface area contributed by atoms with E-state index in [1.165, 1.54) is 20.4 Å². The van der Waals surface area contributed by atoms with Crippen LogP contribution in [0.4, 0.5) is 0 Å². The summed E-state index contributed by atoms with van der Waals surface area (Å²) in [6.45, 7) is 0.113. The Bertz CT molecular complexity index is 1160. The van der Waals surface area contributed by atoms with Crippen LogP contribution in [-0.4, -0.2) is 38.9 Å². The van der Waals surface area contributed by atoms with Crippen molar-refractivity contribution in [3.63, 3.8) is 0 Å². The molecule has 176 valence electrons. The molecule has 0 fully saturated rings. The minimum absolute atomic E-state index is 0.264. The van der Waals surface area contributed by atoms with Crippen LogP contribution in [0, 0.1) is 0 Å². The molecule has 3 aromatic rings. The average molecular weight is 463 g/mol. The molecule has 0 aliphatic carbocycles.